The largest absolute Gasteiger partial charge is 0.456 e. The lowest BCUT2D eigenvalue weighted by atomic mass is 10.00. The van der Waals surface area contributed by atoms with E-state index in [0.717, 1.165) is 34.1 Å². The van der Waals surface area contributed by atoms with Crippen LogP contribution in [0.15, 0.2) is 94.5 Å². The molecule has 0 unspecified atom stereocenters. The molecule has 0 spiro atoms. The van der Waals surface area contributed by atoms with Gasteiger partial charge in [-0.2, -0.15) is 13.2 Å². The molecule has 2 amide bonds. The number of rotatable bonds is 5. The fraction of sp³-hybridized carbons (Fsp3) is 0.235. The minimum absolute atomic E-state index is 0.0755. The molecule has 5 heterocycles. The summed E-state index contributed by atoms with van der Waals surface area (Å²) in [7, 11) is 0. The first-order valence-electron chi connectivity index (χ1n) is 14.7. The van der Waals surface area contributed by atoms with E-state index in [1.54, 1.807) is 46.3 Å². The van der Waals surface area contributed by atoms with Crippen molar-refractivity contribution in [2.75, 3.05) is 18.0 Å². The molecular formula is C34H27F3N4O5. The number of piperidine rings is 1. The Bertz CT molecular complexity index is 2030. The van der Waals surface area contributed by atoms with Gasteiger partial charge in [-0.05, 0) is 60.9 Å². The van der Waals surface area contributed by atoms with Crippen LogP contribution in [0.1, 0.15) is 39.9 Å². The summed E-state index contributed by atoms with van der Waals surface area (Å²) in [5.74, 6) is 0.333. The normalized spacial score (nSPS) is 15.6. The highest BCUT2D eigenvalue weighted by Gasteiger charge is 2.35. The van der Waals surface area contributed by atoms with Crippen LogP contribution in [0.5, 0.6) is 0 Å². The maximum Gasteiger partial charge on any atom is 0.417 e. The summed E-state index contributed by atoms with van der Waals surface area (Å²) >= 11 is 0. The Morgan fingerprint density at radius 2 is 1.76 bits per heavy atom. The maximum absolute atomic E-state index is 13.5. The smallest absolute Gasteiger partial charge is 0.417 e. The zero-order chi connectivity index (χ0) is 32.0. The summed E-state index contributed by atoms with van der Waals surface area (Å²) in [5, 5.41) is 0.697. The van der Waals surface area contributed by atoms with Crippen LogP contribution >= 0.6 is 0 Å². The first-order valence-corrected chi connectivity index (χ1v) is 14.7. The molecule has 1 fully saturated rings. The number of ether oxygens (including phenoxy) is 1. The molecule has 1 saturated heterocycles. The third kappa shape index (κ3) is 5.62. The minimum Gasteiger partial charge on any atom is -0.456 e. The van der Waals surface area contributed by atoms with Gasteiger partial charge < -0.3 is 18.6 Å². The quantitative estimate of drug-likeness (QED) is 0.221. The van der Waals surface area contributed by atoms with Crippen molar-refractivity contribution in [3.05, 3.63) is 118 Å². The number of likely N-dealkylation sites (tertiary alicyclic amines) is 1. The van der Waals surface area contributed by atoms with Crippen LogP contribution in [0.25, 0.3) is 22.3 Å². The van der Waals surface area contributed by atoms with E-state index in [1.807, 2.05) is 24.3 Å². The van der Waals surface area contributed by atoms with Crippen LogP contribution in [0, 0.1) is 0 Å². The van der Waals surface area contributed by atoms with E-state index < -0.39 is 17.3 Å². The summed E-state index contributed by atoms with van der Waals surface area (Å²) in [6, 6.07) is 17.9. The highest BCUT2D eigenvalue weighted by molar-refractivity contribution is 5.98. The first kappa shape index (κ1) is 29.3. The predicted molar refractivity (Wildman–Crippen MR) is 162 cm³/mol. The van der Waals surface area contributed by atoms with Crippen molar-refractivity contribution in [1.82, 2.24) is 14.5 Å². The summed E-state index contributed by atoms with van der Waals surface area (Å²) < 4.78 is 51.9. The Labute approximate surface area is 260 Å². The van der Waals surface area contributed by atoms with Crippen molar-refractivity contribution in [2.24, 2.45) is 0 Å². The topological polar surface area (TPSA) is 97.9 Å². The van der Waals surface area contributed by atoms with Gasteiger partial charge in [0.05, 0.1) is 17.8 Å². The molecule has 46 heavy (non-hydrogen) atoms. The number of nitrogens with zero attached hydrogens (tertiary/aromatic N) is 4. The molecule has 234 valence electrons. The van der Waals surface area contributed by atoms with Crippen molar-refractivity contribution < 1.29 is 31.9 Å². The second kappa shape index (κ2) is 11.5. The molecule has 0 radical (unpaired) electrons. The Hall–Kier alpha value is -5.39. The lowest BCUT2D eigenvalue weighted by molar-refractivity contribution is -0.138. The number of furan rings is 1. The van der Waals surface area contributed by atoms with E-state index in [1.165, 1.54) is 6.20 Å². The molecule has 0 saturated carbocycles. The lowest BCUT2D eigenvalue weighted by Gasteiger charge is -2.40. The number of cyclic esters (lactones) is 1. The summed E-state index contributed by atoms with van der Waals surface area (Å²) in [6.45, 7) is 1.11. The molecule has 0 N–H and O–H groups in total. The number of hydrogen-bond acceptors (Lipinski definition) is 6. The predicted octanol–water partition coefficient (Wildman–Crippen LogP) is 6.49. The highest BCUT2D eigenvalue weighted by atomic mass is 19.4. The van der Waals surface area contributed by atoms with Crippen molar-refractivity contribution in [3.63, 3.8) is 0 Å². The van der Waals surface area contributed by atoms with E-state index in [-0.39, 0.29) is 31.2 Å². The Kier molecular flexibility index (Phi) is 7.34. The number of alkyl halides is 3. The molecule has 0 atom stereocenters. The van der Waals surface area contributed by atoms with Crippen molar-refractivity contribution in [2.45, 2.75) is 38.2 Å². The van der Waals surface area contributed by atoms with Gasteiger partial charge in [0, 0.05) is 65.9 Å². The van der Waals surface area contributed by atoms with Gasteiger partial charge in [-0.1, -0.05) is 18.2 Å². The highest BCUT2D eigenvalue weighted by Crippen LogP contribution is 2.33. The molecule has 3 aromatic heterocycles. The third-order valence-corrected chi connectivity index (χ3v) is 8.42. The van der Waals surface area contributed by atoms with Gasteiger partial charge in [0.1, 0.15) is 18.0 Å². The molecule has 0 bridgehead atoms. The van der Waals surface area contributed by atoms with Crippen molar-refractivity contribution >= 4 is 28.7 Å². The van der Waals surface area contributed by atoms with Gasteiger partial charge in [-0.3, -0.25) is 19.5 Å². The number of halogens is 3. The fourth-order valence-electron chi connectivity index (χ4n) is 6.08. The van der Waals surface area contributed by atoms with Crippen LogP contribution in [-0.4, -0.2) is 45.6 Å². The second-order valence-electron chi connectivity index (χ2n) is 11.4. The fourth-order valence-corrected chi connectivity index (χ4v) is 6.08. The Balaban J connectivity index is 1.05. The minimum atomic E-state index is -4.57. The number of amides is 2. The van der Waals surface area contributed by atoms with Crippen molar-refractivity contribution in [1.29, 1.82) is 0 Å². The number of benzene rings is 2. The Morgan fingerprint density at radius 3 is 2.57 bits per heavy atom. The average molecular weight is 629 g/mol. The standard InChI is InChI=1S/C34H27F3N4O5/c35-34(36,37)26-6-8-31(42)40(19-26)18-21-13-25(17-38-16-21)30-15-24-14-22(5-7-29(24)46-30)32(43)39-11-9-27(10-12-39)41-28-4-2-1-3-23(28)20-45-33(41)44/h1-8,13-17,19,27H,9-12,18,20H2. The number of hydrogen-bond donors (Lipinski definition) is 0. The van der Waals surface area contributed by atoms with Gasteiger partial charge in [0.15, 0.2) is 0 Å². The molecular weight excluding hydrogens is 601 g/mol. The Morgan fingerprint density at radius 1 is 0.957 bits per heavy atom. The van der Waals surface area contributed by atoms with Crippen LogP contribution in [-0.2, 0) is 24.1 Å². The second-order valence-corrected chi connectivity index (χ2v) is 11.4. The van der Waals surface area contributed by atoms with E-state index >= 15 is 0 Å². The van der Waals surface area contributed by atoms with Crippen LogP contribution in [0.3, 0.4) is 0 Å². The molecule has 0 aliphatic carbocycles. The van der Waals surface area contributed by atoms with E-state index in [0.29, 0.717) is 59.4 Å². The zero-order valence-corrected chi connectivity index (χ0v) is 24.4. The number of carbonyl (C=O) groups is 2. The zero-order valence-electron chi connectivity index (χ0n) is 24.4. The van der Waals surface area contributed by atoms with E-state index in [9.17, 15) is 27.6 Å². The number of carbonyl (C=O) groups excluding carboxylic acids is 2. The SMILES string of the molecule is O=C(c1ccc2oc(-c3cncc(Cn4cc(C(F)(F)F)ccc4=O)c3)cc2c1)N1CCC(N2C(=O)OCc3ccccc32)CC1. The molecule has 12 heteroatoms. The number of para-hydroxylation sites is 1. The lowest BCUT2D eigenvalue weighted by Crippen LogP contribution is -2.50. The molecule has 2 aliphatic rings. The molecule has 2 aromatic carbocycles. The summed E-state index contributed by atoms with van der Waals surface area (Å²) in [6.07, 6.45) is 0.116. The third-order valence-electron chi connectivity index (χ3n) is 8.42. The number of pyridine rings is 2. The summed E-state index contributed by atoms with van der Waals surface area (Å²) in [4.78, 5) is 46.0. The first-order chi connectivity index (χ1) is 22.1. The van der Waals surface area contributed by atoms with Gasteiger partial charge in [-0.15, -0.1) is 0 Å². The average Bonchev–Trinajstić information content (AvgIpc) is 3.49. The number of anilines is 1. The van der Waals surface area contributed by atoms with E-state index in [2.05, 4.69) is 4.98 Å². The maximum atomic E-state index is 13.5. The monoisotopic (exact) mass is 628 g/mol. The van der Waals surface area contributed by atoms with E-state index in [4.69, 9.17) is 9.15 Å². The van der Waals surface area contributed by atoms with Crippen LogP contribution in [0.2, 0.25) is 0 Å². The summed E-state index contributed by atoms with van der Waals surface area (Å²) in [5.41, 5.74) is 2.46. The van der Waals surface area contributed by atoms with Crippen LogP contribution in [0.4, 0.5) is 23.7 Å². The van der Waals surface area contributed by atoms with Gasteiger partial charge in [0.25, 0.3) is 11.5 Å². The molecule has 9 nitrogen and oxygen atoms in total. The number of fused-ring (bicyclic) bond motifs is 2. The van der Waals surface area contributed by atoms with Gasteiger partial charge >= 0.3 is 12.3 Å². The van der Waals surface area contributed by atoms with Crippen LogP contribution < -0.4 is 10.5 Å². The van der Waals surface area contributed by atoms with Gasteiger partial charge in [-0.25, -0.2) is 4.79 Å². The molecule has 7 rings (SSSR count). The molecule has 5 aromatic rings. The molecule has 2 aliphatic heterocycles. The number of aromatic nitrogens is 2. The van der Waals surface area contributed by atoms with Gasteiger partial charge in [0.2, 0.25) is 0 Å². The van der Waals surface area contributed by atoms with Crippen molar-refractivity contribution in [3.8, 4) is 11.3 Å².